The van der Waals surface area contributed by atoms with E-state index in [1.54, 1.807) is 4.90 Å². The molecular weight excluding hydrogens is 154 g/mol. The summed E-state index contributed by atoms with van der Waals surface area (Å²) in [6.45, 7) is 3.05. The van der Waals surface area contributed by atoms with Crippen LogP contribution in [0.15, 0.2) is 0 Å². The van der Waals surface area contributed by atoms with Crippen molar-refractivity contribution in [3.63, 3.8) is 0 Å². The summed E-state index contributed by atoms with van der Waals surface area (Å²) in [4.78, 5) is 23.8. The van der Waals surface area contributed by atoms with Crippen molar-refractivity contribution in [2.75, 3.05) is 13.1 Å². The molecule has 3 heteroatoms. The lowest BCUT2D eigenvalue weighted by atomic mass is 10.2. The molecule has 0 bridgehead atoms. The van der Waals surface area contributed by atoms with Gasteiger partial charge in [0.1, 0.15) is 0 Å². The van der Waals surface area contributed by atoms with Crippen LogP contribution < -0.4 is 0 Å². The van der Waals surface area contributed by atoms with Crippen LogP contribution in [-0.4, -0.2) is 29.7 Å². The highest BCUT2D eigenvalue weighted by Gasteiger charge is 2.22. The van der Waals surface area contributed by atoms with Gasteiger partial charge in [-0.15, -0.1) is 0 Å². The summed E-state index contributed by atoms with van der Waals surface area (Å²) in [6, 6.07) is 0. The molecule has 0 atom stereocenters. The van der Waals surface area contributed by atoms with E-state index in [1.165, 1.54) is 0 Å². The second kappa shape index (κ2) is 4.24. The number of carbonyl (C=O) groups excluding carboxylic acids is 2. The number of unbranched alkanes of at least 4 members (excludes halogenated alkanes) is 1. The maximum Gasteiger partial charge on any atom is 0.222 e. The second-order valence-electron chi connectivity index (χ2n) is 3.21. The summed E-state index contributed by atoms with van der Waals surface area (Å²) in [5, 5.41) is 0. The Morgan fingerprint density at radius 2 is 2.33 bits per heavy atom. The van der Waals surface area contributed by atoms with Gasteiger partial charge in [0.25, 0.3) is 0 Å². The van der Waals surface area contributed by atoms with Crippen molar-refractivity contribution < 1.29 is 9.59 Å². The molecule has 0 spiro atoms. The molecule has 12 heavy (non-hydrogen) atoms. The molecule has 1 aliphatic heterocycles. The SMILES string of the molecule is CCCCC(=O)N1CCC(=O)C1. The topological polar surface area (TPSA) is 37.4 Å². The first-order valence-electron chi connectivity index (χ1n) is 4.53. The zero-order valence-corrected chi connectivity index (χ0v) is 7.51. The minimum atomic E-state index is 0.141. The largest absolute Gasteiger partial charge is 0.335 e. The van der Waals surface area contributed by atoms with Crippen LogP contribution in [0.1, 0.15) is 32.6 Å². The second-order valence-corrected chi connectivity index (χ2v) is 3.21. The third kappa shape index (κ3) is 2.32. The first kappa shape index (κ1) is 9.23. The lowest BCUT2D eigenvalue weighted by molar-refractivity contribution is -0.131. The van der Waals surface area contributed by atoms with E-state index in [0.717, 1.165) is 12.8 Å². The number of ketones is 1. The monoisotopic (exact) mass is 169 g/mol. The number of nitrogens with zero attached hydrogens (tertiary/aromatic N) is 1. The van der Waals surface area contributed by atoms with Gasteiger partial charge in [0.15, 0.2) is 5.78 Å². The Hall–Kier alpha value is -0.860. The van der Waals surface area contributed by atoms with E-state index in [1.807, 2.05) is 0 Å². The molecule has 68 valence electrons. The highest BCUT2D eigenvalue weighted by Crippen LogP contribution is 2.07. The minimum absolute atomic E-state index is 0.141. The standard InChI is InChI=1S/C9H15NO2/c1-2-3-4-9(12)10-6-5-8(11)7-10/h2-7H2,1H3. The van der Waals surface area contributed by atoms with E-state index in [-0.39, 0.29) is 11.7 Å². The Bertz CT molecular complexity index is 189. The molecule has 0 saturated carbocycles. The van der Waals surface area contributed by atoms with E-state index in [2.05, 4.69) is 6.92 Å². The van der Waals surface area contributed by atoms with Gasteiger partial charge in [0.2, 0.25) is 5.91 Å². The fraction of sp³-hybridized carbons (Fsp3) is 0.778. The van der Waals surface area contributed by atoms with Crippen LogP contribution in [0.25, 0.3) is 0 Å². The lowest BCUT2D eigenvalue weighted by Crippen LogP contribution is -2.28. The Morgan fingerprint density at radius 3 is 2.83 bits per heavy atom. The molecule has 0 aromatic rings. The summed E-state index contributed by atoms with van der Waals surface area (Å²) in [5.74, 6) is 0.336. The summed E-state index contributed by atoms with van der Waals surface area (Å²) in [6.07, 6.45) is 3.12. The van der Waals surface area contributed by atoms with Gasteiger partial charge in [-0.25, -0.2) is 0 Å². The zero-order valence-electron chi connectivity index (χ0n) is 7.51. The summed E-state index contributed by atoms with van der Waals surface area (Å²) in [7, 11) is 0. The van der Waals surface area contributed by atoms with E-state index in [0.29, 0.717) is 25.9 Å². The molecule has 3 nitrogen and oxygen atoms in total. The van der Waals surface area contributed by atoms with Crippen LogP contribution >= 0.6 is 0 Å². The van der Waals surface area contributed by atoms with Crippen LogP contribution in [0.5, 0.6) is 0 Å². The molecule has 1 heterocycles. The third-order valence-electron chi connectivity index (χ3n) is 2.12. The molecule has 0 aromatic heterocycles. The van der Waals surface area contributed by atoms with E-state index >= 15 is 0 Å². The van der Waals surface area contributed by atoms with Crippen molar-refractivity contribution in [3.8, 4) is 0 Å². The third-order valence-corrected chi connectivity index (χ3v) is 2.12. The van der Waals surface area contributed by atoms with E-state index < -0.39 is 0 Å². The van der Waals surface area contributed by atoms with Gasteiger partial charge >= 0.3 is 0 Å². The van der Waals surface area contributed by atoms with Crippen molar-refractivity contribution in [2.24, 2.45) is 0 Å². The van der Waals surface area contributed by atoms with Gasteiger partial charge in [-0.3, -0.25) is 9.59 Å². The van der Waals surface area contributed by atoms with Crippen LogP contribution in [0, 0.1) is 0 Å². The number of amides is 1. The number of rotatable bonds is 3. The molecule has 0 radical (unpaired) electrons. The van der Waals surface area contributed by atoms with Gasteiger partial charge in [-0.05, 0) is 6.42 Å². The predicted molar refractivity (Wildman–Crippen MR) is 45.7 cm³/mol. The van der Waals surface area contributed by atoms with Crippen LogP contribution in [0.3, 0.4) is 0 Å². The summed E-state index contributed by atoms with van der Waals surface area (Å²) >= 11 is 0. The molecule has 0 N–H and O–H groups in total. The molecular formula is C9H15NO2. The highest BCUT2D eigenvalue weighted by molar-refractivity contribution is 5.89. The average Bonchev–Trinajstić information content (AvgIpc) is 2.47. The molecule has 1 rings (SSSR count). The Labute approximate surface area is 72.7 Å². The smallest absolute Gasteiger partial charge is 0.222 e. The Kier molecular flexibility index (Phi) is 3.26. The quantitative estimate of drug-likeness (QED) is 0.631. The fourth-order valence-corrected chi connectivity index (χ4v) is 1.33. The maximum absolute atomic E-state index is 11.3. The highest BCUT2D eigenvalue weighted by atomic mass is 16.2. The zero-order chi connectivity index (χ0) is 8.97. The Balaban J connectivity index is 2.28. The molecule has 0 unspecified atom stereocenters. The van der Waals surface area contributed by atoms with Crippen molar-refractivity contribution in [3.05, 3.63) is 0 Å². The molecule has 0 aromatic carbocycles. The number of Topliss-reactive ketones (excluding diaryl/α,β-unsaturated/α-hetero) is 1. The van der Waals surface area contributed by atoms with E-state index in [4.69, 9.17) is 0 Å². The van der Waals surface area contributed by atoms with Crippen molar-refractivity contribution in [2.45, 2.75) is 32.6 Å². The normalized spacial score (nSPS) is 17.1. The first-order chi connectivity index (χ1) is 5.74. The fourth-order valence-electron chi connectivity index (χ4n) is 1.33. The van der Waals surface area contributed by atoms with Gasteiger partial charge < -0.3 is 4.90 Å². The van der Waals surface area contributed by atoms with Crippen LogP contribution in [-0.2, 0) is 9.59 Å². The van der Waals surface area contributed by atoms with Crippen LogP contribution in [0.4, 0.5) is 0 Å². The maximum atomic E-state index is 11.3. The lowest BCUT2D eigenvalue weighted by Gasteiger charge is -2.13. The molecule has 1 saturated heterocycles. The number of carbonyl (C=O) groups is 2. The number of likely N-dealkylation sites (tertiary alicyclic amines) is 1. The van der Waals surface area contributed by atoms with Gasteiger partial charge in [0.05, 0.1) is 6.54 Å². The van der Waals surface area contributed by atoms with Gasteiger partial charge in [-0.2, -0.15) is 0 Å². The number of hydrogen-bond donors (Lipinski definition) is 0. The van der Waals surface area contributed by atoms with Crippen LogP contribution in [0.2, 0.25) is 0 Å². The average molecular weight is 169 g/mol. The molecule has 0 aliphatic carbocycles. The minimum Gasteiger partial charge on any atom is -0.335 e. The van der Waals surface area contributed by atoms with Crippen molar-refractivity contribution >= 4 is 11.7 Å². The molecule has 1 amide bonds. The predicted octanol–water partition coefficient (Wildman–Crippen LogP) is 0.978. The first-order valence-corrected chi connectivity index (χ1v) is 4.53. The summed E-state index contributed by atoms with van der Waals surface area (Å²) < 4.78 is 0. The summed E-state index contributed by atoms with van der Waals surface area (Å²) in [5.41, 5.74) is 0. The Morgan fingerprint density at radius 1 is 1.58 bits per heavy atom. The molecule has 1 fully saturated rings. The van der Waals surface area contributed by atoms with E-state index in [9.17, 15) is 9.59 Å². The van der Waals surface area contributed by atoms with Gasteiger partial charge in [-0.1, -0.05) is 13.3 Å². The van der Waals surface area contributed by atoms with Crippen molar-refractivity contribution in [1.82, 2.24) is 4.90 Å². The van der Waals surface area contributed by atoms with Gasteiger partial charge in [0, 0.05) is 19.4 Å². The molecule has 1 aliphatic rings. The number of hydrogen-bond acceptors (Lipinski definition) is 2. The van der Waals surface area contributed by atoms with Crippen molar-refractivity contribution in [1.29, 1.82) is 0 Å².